The fraction of sp³-hybridized carbons (Fsp3) is 0.294. The summed E-state index contributed by atoms with van der Waals surface area (Å²) in [5.41, 5.74) is 0.443. The van der Waals surface area contributed by atoms with Gasteiger partial charge in [0.25, 0.3) is 0 Å². The molecule has 1 saturated heterocycles. The Morgan fingerprint density at radius 1 is 1.00 bits per heavy atom. The van der Waals surface area contributed by atoms with E-state index < -0.39 is 9.84 Å². The second kappa shape index (κ2) is 4.33. The van der Waals surface area contributed by atoms with Gasteiger partial charge in [-0.2, -0.15) is 0 Å². The number of epoxide rings is 1. The molecule has 0 aliphatic carbocycles. The Balaban J connectivity index is 1.79. The summed E-state index contributed by atoms with van der Waals surface area (Å²) in [5, 5.41) is 0. The topological polar surface area (TPSA) is 55.9 Å². The van der Waals surface area contributed by atoms with Crippen molar-refractivity contribution in [2.75, 3.05) is 0 Å². The maximum atomic E-state index is 12.7. The van der Waals surface area contributed by atoms with E-state index in [2.05, 4.69) is 0 Å². The van der Waals surface area contributed by atoms with Crippen LogP contribution in [0.3, 0.4) is 0 Å². The number of rotatable bonds is 2. The number of benzene rings is 2. The van der Waals surface area contributed by atoms with Crippen LogP contribution in [0.5, 0.6) is 5.75 Å². The third-order valence-electron chi connectivity index (χ3n) is 4.20. The minimum absolute atomic E-state index is 0.00493. The maximum Gasteiger partial charge on any atom is 0.206 e. The van der Waals surface area contributed by atoms with Crippen molar-refractivity contribution < 1.29 is 17.9 Å². The van der Waals surface area contributed by atoms with Gasteiger partial charge in [0.15, 0.2) is 0 Å². The molecule has 114 valence electrons. The third-order valence-corrected chi connectivity index (χ3v) is 5.97. The normalized spacial score (nSPS) is 24.8. The van der Waals surface area contributed by atoms with Crippen molar-refractivity contribution in [2.45, 2.75) is 41.4 Å². The zero-order valence-electron chi connectivity index (χ0n) is 12.3. The van der Waals surface area contributed by atoms with E-state index in [4.69, 9.17) is 9.47 Å². The molecular weight excluding hydrogens is 300 g/mol. The van der Waals surface area contributed by atoms with Gasteiger partial charge in [-0.05, 0) is 44.2 Å². The van der Waals surface area contributed by atoms with Crippen LogP contribution in [0.4, 0.5) is 0 Å². The van der Waals surface area contributed by atoms with Crippen molar-refractivity contribution in [2.24, 2.45) is 0 Å². The molecule has 0 radical (unpaired) electrons. The lowest BCUT2D eigenvalue weighted by Gasteiger charge is -2.29. The van der Waals surface area contributed by atoms with Crippen LogP contribution in [-0.2, 0) is 14.6 Å². The van der Waals surface area contributed by atoms with Gasteiger partial charge >= 0.3 is 0 Å². The maximum absolute atomic E-state index is 12.7. The molecule has 22 heavy (non-hydrogen) atoms. The lowest BCUT2D eigenvalue weighted by atomic mass is 9.94. The highest BCUT2D eigenvalue weighted by atomic mass is 32.2. The predicted molar refractivity (Wildman–Crippen MR) is 80.7 cm³/mol. The Labute approximate surface area is 129 Å². The fourth-order valence-electron chi connectivity index (χ4n) is 2.96. The Morgan fingerprint density at radius 2 is 1.73 bits per heavy atom. The zero-order valence-corrected chi connectivity index (χ0v) is 13.1. The molecule has 0 unspecified atom stereocenters. The van der Waals surface area contributed by atoms with Crippen LogP contribution < -0.4 is 4.74 Å². The summed E-state index contributed by atoms with van der Waals surface area (Å²) in [6.45, 7) is 3.96. The standard InChI is InChI=1S/C17H16O4S/c1-17(2)16-15(20-16)13-10-12(8-9-14(13)21-17)22(18,19)11-6-4-3-5-7-11/h3-10,15-16H,1-2H3/t15-,16-/m1/s1. The molecule has 2 heterocycles. The van der Waals surface area contributed by atoms with Crippen LogP contribution in [-0.4, -0.2) is 20.1 Å². The van der Waals surface area contributed by atoms with Gasteiger partial charge in [-0.1, -0.05) is 18.2 Å². The SMILES string of the molecule is CC1(C)Oc2ccc(S(=O)(=O)c3ccccc3)cc2[C@H]2O[C@H]21. The first kappa shape index (κ1) is 13.8. The molecule has 0 spiro atoms. The van der Waals surface area contributed by atoms with Crippen molar-refractivity contribution in [1.82, 2.24) is 0 Å². The highest BCUT2D eigenvalue weighted by Crippen LogP contribution is 2.54. The van der Waals surface area contributed by atoms with Crippen molar-refractivity contribution in [3.05, 3.63) is 54.1 Å². The van der Waals surface area contributed by atoms with E-state index in [1.807, 2.05) is 13.8 Å². The second-order valence-electron chi connectivity index (χ2n) is 6.20. The first-order valence-corrected chi connectivity index (χ1v) is 8.66. The number of sulfone groups is 1. The zero-order chi connectivity index (χ0) is 15.5. The lowest BCUT2D eigenvalue weighted by molar-refractivity contribution is 0.0724. The Kier molecular flexibility index (Phi) is 2.72. The minimum atomic E-state index is -3.52. The molecule has 4 rings (SSSR count). The van der Waals surface area contributed by atoms with Gasteiger partial charge in [-0.3, -0.25) is 0 Å². The third kappa shape index (κ3) is 1.96. The summed E-state index contributed by atoms with van der Waals surface area (Å²) < 4.78 is 37.0. The number of hydrogen-bond acceptors (Lipinski definition) is 4. The van der Waals surface area contributed by atoms with Gasteiger partial charge in [0.2, 0.25) is 9.84 Å². The van der Waals surface area contributed by atoms with Gasteiger partial charge in [0, 0.05) is 5.56 Å². The summed E-state index contributed by atoms with van der Waals surface area (Å²) in [5.74, 6) is 0.704. The molecule has 2 aliphatic rings. The molecular formula is C17H16O4S. The molecule has 0 bridgehead atoms. The van der Waals surface area contributed by atoms with Crippen LogP contribution in [0.15, 0.2) is 58.3 Å². The van der Waals surface area contributed by atoms with E-state index >= 15 is 0 Å². The van der Waals surface area contributed by atoms with Crippen LogP contribution in [0.2, 0.25) is 0 Å². The van der Waals surface area contributed by atoms with Gasteiger partial charge < -0.3 is 9.47 Å². The Hall–Kier alpha value is -1.85. The van der Waals surface area contributed by atoms with Crippen LogP contribution >= 0.6 is 0 Å². The molecule has 2 atom stereocenters. The van der Waals surface area contributed by atoms with E-state index in [9.17, 15) is 8.42 Å². The van der Waals surface area contributed by atoms with E-state index in [0.29, 0.717) is 10.6 Å². The largest absolute Gasteiger partial charge is 0.485 e. The fourth-order valence-corrected chi connectivity index (χ4v) is 4.28. The number of ether oxygens (including phenoxy) is 2. The average Bonchev–Trinajstić information content (AvgIpc) is 3.29. The molecule has 0 saturated carbocycles. The quantitative estimate of drug-likeness (QED) is 0.799. The molecule has 2 aliphatic heterocycles. The van der Waals surface area contributed by atoms with Gasteiger partial charge in [-0.25, -0.2) is 8.42 Å². The molecule has 0 amide bonds. The van der Waals surface area contributed by atoms with E-state index in [1.165, 1.54) is 0 Å². The van der Waals surface area contributed by atoms with Gasteiger partial charge in [0.05, 0.1) is 9.79 Å². The number of hydrogen-bond donors (Lipinski definition) is 0. The first-order valence-electron chi connectivity index (χ1n) is 7.18. The molecule has 0 N–H and O–H groups in total. The van der Waals surface area contributed by atoms with E-state index in [0.717, 1.165) is 5.56 Å². The molecule has 1 fully saturated rings. The summed E-state index contributed by atoms with van der Waals surface area (Å²) in [7, 11) is -3.52. The van der Waals surface area contributed by atoms with Crippen LogP contribution in [0, 0.1) is 0 Å². The highest BCUT2D eigenvalue weighted by Gasteiger charge is 2.56. The Morgan fingerprint density at radius 3 is 2.45 bits per heavy atom. The molecule has 0 aromatic heterocycles. The lowest BCUT2D eigenvalue weighted by Crippen LogP contribution is -2.37. The second-order valence-corrected chi connectivity index (χ2v) is 8.15. The summed E-state index contributed by atoms with van der Waals surface area (Å²) in [6.07, 6.45) is -0.0700. The summed E-state index contributed by atoms with van der Waals surface area (Å²) >= 11 is 0. The summed E-state index contributed by atoms with van der Waals surface area (Å²) in [6, 6.07) is 13.4. The van der Waals surface area contributed by atoms with Crippen LogP contribution in [0.25, 0.3) is 0 Å². The monoisotopic (exact) mass is 316 g/mol. The summed E-state index contributed by atoms with van der Waals surface area (Å²) in [4.78, 5) is 0.565. The molecule has 4 nitrogen and oxygen atoms in total. The predicted octanol–water partition coefficient (Wildman–Crippen LogP) is 3.13. The van der Waals surface area contributed by atoms with Crippen molar-refractivity contribution in [3.8, 4) is 5.75 Å². The smallest absolute Gasteiger partial charge is 0.206 e. The van der Waals surface area contributed by atoms with Crippen molar-refractivity contribution >= 4 is 9.84 Å². The van der Waals surface area contributed by atoms with Crippen molar-refractivity contribution in [1.29, 1.82) is 0 Å². The molecule has 2 aromatic carbocycles. The minimum Gasteiger partial charge on any atom is -0.485 e. The van der Waals surface area contributed by atoms with E-state index in [1.54, 1.807) is 48.5 Å². The number of fused-ring (bicyclic) bond motifs is 3. The van der Waals surface area contributed by atoms with Crippen LogP contribution in [0.1, 0.15) is 25.5 Å². The van der Waals surface area contributed by atoms with E-state index in [-0.39, 0.29) is 22.7 Å². The average molecular weight is 316 g/mol. The van der Waals surface area contributed by atoms with Gasteiger partial charge in [0.1, 0.15) is 23.6 Å². The highest BCUT2D eigenvalue weighted by molar-refractivity contribution is 7.91. The first-order chi connectivity index (χ1) is 10.4. The van der Waals surface area contributed by atoms with Gasteiger partial charge in [-0.15, -0.1) is 0 Å². The molecule has 2 aromatic rings. The molecule has 5 heteroatoms. The van der Waals surface area contributed by atoms with Crippen molar-refractivity contribution in [3.63, 3.8) is 0 Å². The Bertz CT molecular complexity index is 840.